The van der Waals surface area contributed by atoms with E-state index in [0.29, 0.717) is 28.6 Å². The van der Waals surface area contributed by atoms with E-state index in [1.165, 1.54) is 20.4 Å². The van der Waals surface area contributed by atoms with Crippen molar-refractivity contribution in [2.75, 3.05) is 40.3 Å². The number of carbonyl (C=O) groups excluding carboxylic acids is 1. The van der Waals surface area contributed by atoms with Crippen molar-refractivity contribution in [1.82, 2.24) is 5.43 Å². The number of hydrogen-bond donors (Lipinski definition) is 2. The van der Waals surface area contributed by atoms with Crippen LogP contribution in [-0.4, -0.2) is 47.1 Å². The third-order valence-corrected chi connectivity index (χ3v) is 3.68. The highest BCUT2D eigenvalue weighted by atomic mass is 16.5. The lowest BCUT2D eigenvalue weighted by Crippen LogP contribution is -2.26. The molecule has 2 aromatic rings. The number of nitrogens with one attached hydrogen (secondary N) is 2. The van der Waals surface area contributed by atoms with Crippen molar-refractivity contribution in [3.8, 4) is 23.0 Å². The molecule has 2 N–H and O–H groups in total. The summed E-state index contributed by atoms with van der Waals surface area (Å²) in [5.41, 5.74) is 3.76. The van der Waals surface area contributed by atoms with E-state index >= 15 is 0 Å². The normalized spacial score (nSPS) is 10.4. The summed E-state index contributed by atoms with van der Waals surface area (Å²) < 4.78 is 21.1. The second kappa shape index (κ2) is 9.91. The van der Waals surface area contributed by atoms with Crippen LogP contribution in [0.25, 0.3) is 0 Å². The van der Waals surface area contributed by atoms with E-state index in [1.54, 1.807) is 32.4 Å². The van der Waals surface area contributed by atoms with Crippen LogP contribution >= 0.6 is 0 Å². The molecule has 8 nitrogen and oxygen atoms in total. The molecule has 1 amide bonds. The Morgan fingerprint density at radius 2 is 1.59 bits per heavy atom. The molecule has 144 valence electrons. The Bertz CT molecular complexity index is 783. The van der Waals surface area contributed by atoms with Gasteiger partial charge in [-0.1, -0.05) is 12.1 Å². The first kappa shape index (κ1) is 19.9. The van der Waals surface area contributed by atoms with Crippen molar-refractivity contribution in [2.24, 2.45) is 5.10 Å². The van der Waals surface area contributed by atoms with Crippen LogP contribution in [0.3, 0.4) is 0 Å². The fourth-order valence-electron chi connectivity index (χ4n) is 2.33. The Labute approximate surface area is 158 Å². The number of anilines is 1. The molecule has 27 heavy (non-hydrogen) atoms. The molecule has 2 aromatic carbocycles. The van der Waals surface area contributed by atoms with Crippen LogP contribution < -0.4 is 29.7 Å². The van der Waals surface area contributed by atoms with E-state index in [2.05, 4.69) is 15.8 Å². The van der Waals surface area contributed by atoms with Gasteiger partial charge in [0.25, 0.3) is 5.91 Å². The predicted octanol–water partition coefficient (Wildman–Crippen LogP) is 2.28. The van der Waals surface area contributed by atoms with Crippen molar-refractivity contribution < 1.29 is 23.7 Å². The van der Waals surface area contributed by atoms with Crippen LogP contribution in [0.5, 0.6) is 23.0 Å². The molecule has 0 aromatic heterocycles. The number of nitrogens with zero attached hydrogens (tertiary/aromatic N) is 1. The zero-order chi connectivity index (χ0) is 19.6. The lowest BCUT2D eigenvalue weighted by molar-refractivity contribution is -0.119. The van der Waals surface area contributed by atoms with Gasteiger partial charge in [-0.3, -0.25) is 4.79 Å². The standard InChI is InChI=1S/C19H23N3O5/c1-24-13-9-17(26-3)14(18(10-13)27-4)11-21-22-19(23)12-20-15-7-5-6-8-16(15)25-2/h5-11,20H,12H2,1-4H3,(H,22,23)/b21-11+. The van der Waals surface area contributed by atoms with Crippen LogP contribution in [0.2, 0.25) is 0 Å². The van der Waals surface area contributed by atoms with Gasteiger partial charge in [-0.25, -0.2) is 5.43 Å². The molecule has 0 fully saturated rings. The van der Waals surface area contributed by atoms with Gasteiger partial charge in [-0.2, -0.15) is 5.10 Å². The summed E-state index contributed by atoms with van der Waals surface area (Å²) >= 11 is 0. The molecule has 0 aliphatic heterocycles. The minimum atomic E-state index is -0.316. The quantitative estimate of drug-likeness (QED) is 0.518. The fraction of sp³-hybridized carbons (Fsp3) is 0.263. The van der Waals surface area contributed by atoms with E-state index in [1.807, 2.05) is 18.2 Å². The highest BCUT2D eigenvalue weighted by Gasteiger charge is 2.11. The lowest BCUT2D eigenvalue weighted by Gasteiger charge is -2.12. The van der Waals surface area contributed by atoms with Gasteiger partial charge in [0.1, 0.15) is 23.0 Å². The molecular formula is C19H23N3O5. The second-order valence-corrected chi connectivity index (χ2v) is 5.29. The van der Waals surface area contributed by atoms with Crippen LogP contribution in [0.15, 0.2) is 41.5 Å². The van der Waals surface area contributed by atoms with E-state index in [4.69, 9.17) is 18.9 Å². The number of methoxy groups -OCH3 is 4. The van der Waals surface area contributed by atoms with Gasteiger partial charge in [0.05, 0.1) is 52.4 Å². The Morgan fingerprint density at radius 1 is 0.963 bits per heavy atom. The smallest absolute Gasteiger partial charge is 0.259 e. The van der Waals surface area contributed by atoms with Crippen molar-refractivity contribution in [2.45, 2.75) is 0 Å². The molecule has 0 saturated carbocycles. The van der Waals surface area contributed by atoms with E-state index in [0.717, 1.165) is 5.69 Å². The molecule has 0 bridgehead atoms. The minimum absolute atomic E-state index is 0.0363. The Hall–Kier alpha value is -3.42. The number of benzene rings is 2. The number of ether oxygens (including phenoxy) is 4. The summed E-state index contributed by atoms with van der Waals surface area (Å²) in [7, 11) is 6.18. The topological polar surface area (TPSA) is 90.4 Å². The van der Waals surface area contributed by atoms with Gasteiger partial charge in [0, 0.05) is 12.1 Å². The maximum absolute atomic E-state index is 12.0. The zero-order valence-corrected chi connectivity index (χ0v) is 15.7. The molecule has 2 rings (SSSR count). The molecule has 0 aliphatic rings. The van der Waals surface area contributed by atoms with Crippen molar-refractivity contribution in [1.29, 1.82) is 0 Å². The summed E-state index contributed by atoms with van der Waals surface area (Å²) in [4.78, 5) is 12.0. The third-order valence-electron chi connectivity index (χ3n) is 3.68. The van der Waals surface area contributed by atoms with Gasteiger partial charge < -0.3 is 24.3 Å². The molecule has 0 atom stereocenters. The number of amides is 1. The molecule has 0 spiro atoms. The molecule has 0 radical (unpaired) electrons. The van der Waals surface area contributed by atoms with Crippen molar-refractivity contribution >= 4 is 17.8 Å². The number of hydrogen-bond acceptors (Lipinski definition) is 7. The van der Waals surface area contributed by atoms with E-state index in [9.17, 15) is 4.79 Å². The first-order valence-corrected chi connectivity index (χ1v) is 8.11. The second-order valence-electron chi connectivity index (χ2n) is 5.29. The van der Waals surface area contributed by atoms with Gasteiger partial charge in [-0.15, -0.1) is 0 Å². The first-order chi connectivity index (χ1) is 13.1. The largest absolute Gasteiger partial charge is 0.496 e. The number of rotatable bonds is 9. The first-order valence-electron chi connectivity index (χ1n) is 8.11. The summed E-state index contributed by atoms with van der Waals surface area (Å²) in [6.45, 7) is 0.0363. The highest BCUT2D eigenvalue weighted by Crippen LogP contribution is 2.32. The highest BCUT2D eigenvalue weighted by molar-refractivity contribution is 5.89. The number of carbonyl (C=O) groups is 1. The van der Waals surface area contributed by atoms with E-state index in [-0.39, 0.29) is 12.5 Å². The van der Waals surface area contributed by atoms with Crippen LogP contribution in [0.1, 0.15) is 5.56 Å². The zero-order valence-electron chi connectivity index (χ0n) is 15.7. The summed E-state index contributed by atoms with van der Waals surface area (Å²) in [5.74, 6) is 1.95. The van der Waals surface area contributed by atoms with Gasteiger partial charge in [0.15, 0.2) is 0 Å². The maximum Gasteiger partial charge on any atom is 0.259 e. The third kappa shape index (κ3) is 5.27. The van der Waals surface area contributed by atoms with Crippen LogP contribution in [0.4, 0.5) is 5.69 Å². The SMILES string of the molecule is COc1cc(OC)c(/C=N/NC(=O)CNc2ccccc2OC)c(OC)c1. The molecule has 8 heteroatoms. The lowest BCUT2D eigenvalue weighted by atomic mass is 10.2. The Kier molecular flexibility index (Phi) is 7.30. The molecule has 0 heterocycles. The average molecular weight is 373 g/mol. The summed E-state index contributed by atoms with van der Waals surface area (Å²) in [6.07, 6.45) is 1.46. The summed E-state index contributed by atoms with van der Waals surface area (Å²) in [5, 5.41) is 6.97. The number of para-hydroxylation sites is 2. The maximum atomic E-state index is 12.0. The van der Waals surface area contributed by atoms with Gasteiger partial charge in [0.2, 0.25) is 0 Å². The Balaban J connectivity index is 2.01. The number of hydrazone groups is 1. The van der Waals surface area contributed by atoms with Crippen LogP contribution in [-0.2, 0) is 4.79 Å². The van der Waals surface area contributed by atoms with Gasteiger partial charge in [-0.05, 0) is 12.1 Å². The monoisotopic (exact) mass is 373 g/mol. The molecule has 0 unspecified atom stereocenters. The van der Waals surface area contributed by atoms with Crippen LogP contribution in [0, 0.1) is 0 Å². The van der Waals surface area contributed by atoms with Crippen molar-refractivity contribution in [3.05, 3.63) is 42.0 Å². The predicted molar refractivity (Wildman–Crippen MR) is 103 cm³/mol. The van der Waals surface area contributed by atoms with Crippen molar-refractivity contribution in [3.63, 3.8) is 0 Å². The Morgan fingerprint density at radius 3 is 2.19 bits per heavy atom. The van der Waals surface area contributed by atoms with Gasteiger partial charge >= 0.3 is 0 Å². The molecule has 0 aliphatic carbocycles. The minimum Gasteiger partial charge on any atom is -0.496 e. The molecule has 0 saturated heterocycles. The fourth-order valence-corrected chi connectivity index (χ4v) is 2.33. The average Bonchev–Trinajstić information content (AvgIpc) is 2.72. The molecular weight excluding hydrogens is 350 g/mol. The summed E-state index contributed by atoms with van der Waals surface area (Å²) in [6, 6.07) is 10.7. The van der Waals surface area contributed by atoms with E-state index < -0.39 is 0 Å².